The fraction of sp³-hybridized carbons (Fsp3) is 0.696. The van der Waals surface area contributed by atoms with Crippen LogP contribution >= 0.6 is 0 Å². The molecule has 1 aromatic carbocycles. The summed E-state index contributed by atoms with van der Waals surface area (Å²) in [7, 11) is 0. The van der Waals surface area contributed by atoms with Gasteiger partial charge < -0.3 is 15.5 Å². The zero-order valence-corrected chi connectivity index (χ0v) is 18.0. The van der Waals surface area contributed by atoms with Crippen LogP contribution in [0, 0.1) is 17.6 Å². The SMILES string of the molecule is CCNC(=NCC1CCN(c2ccc(F)c(F)c2)C1)NC1CCN(C2CCCC2)C1. The normalized spacial score (nSPS) is 26.0. The van der Waals surface area contributed by atoms with Crippen molar-refractivity contribution in [1.82, 2.24) is 15.5 Å². The quantitative estimate of drug-likeness (QED) is 0.548. The minimum absolute atomic E-state index is 0.423. The van der Waals surface area contributed by atoms with Crippen LogP contribution in [-0.2, 0) is 0 Å². The van der Waals surface area contributed by atoms with Crippen molar-refractivity contribution < 1.29 is 8.78 Å². The van der Waals surface area contributed by atoms with Gasteiger partial charge in [0.15, 0.2) is 17.6 Å². The van der Waals surface area contributed by atoms with Gasteiger partial charge in [-0.2, -0.15) is 0 Å². The van der Waals surface area contributed by atoms with E-state index in [0.29, 0.717) is 12.0 Å². The summed E-state index contributed by atoms with van der Waals surface area (Å²) in [6, 6.07) is 5.41. The molecule has 4 rings (SSSR count). The van der Waals surface area contributed by atoms with E-state index in [-0.39, 0.29) is 0 Å². The van der Waals surface area contributed by atoms with E-state index in [0.717, 1.165) is 56.8 Å². The molecule has 2 unspecified atom stereocenters. The monoisotopic (exact) mass is 419 g/mol. The van der Waals surface area contributed by atoms with Crippen LogP contribution in [0.4, 0.5) is 14.5 Å². The number of likely N-dealkylation sites (tertiary alicyclic amines) is 1. The van der Waals surface area contributed by atoms with Crippen molar-refractivity contribution in [3.8, 4) is 0 Å². The van der Waals surface area contributed by atoms with Crippen molar-refractivity contribution in [2.24, 2.45) is 10.9 Å². The Morgan fingerprint density at radius 3 is 2.67 bits per heavy atom. The predicted molar refractivity (Wildman–Crippen MR) is 118 cm³/mol. The molecule has 166 valence electrons. The number of hydrogen-bond donors (Lipinski definition) is 2. The van der Waals surface area contributed by atoms with E-state index in [2.05, 4.69) is 27.4 Å². The highest BCUT2D eigenvalue weighted by atomic mass is 19.2. The van der Waals surface area contributed by atoms with Crippen LogP contribution in [0.25, 0.3) is 0 Å². The van der Waals surface area contributed by atoms with Gasteiger partial charge in [0, 0.05) is 63.1 Å². The van der Waals surface area contributed by atoms with Crippen LogP contribution in [0.5, 0.6) is 0 Å². The van der Waals surface area contributed by atoms with Crippen LogP contribution in [-0.4, -0.2) is 62.2 Å². The van der Waals surface area contributed by atoms with Crippen LogP contribution < -0.4 is 15.5 Å². The molecule has 0 bridgehead atoms. The van der Waals surface area contributed by atoms with E-state index in [4.69, 9.17) is 4.99 Å². The fourth-order valence-corrected chi connectivity index (χ4v) is 5.14. The Morgan fingerprint density at radius 2 is 1.90 bits per heavy atom. The molecule has 0 spiro atoms. The Bertz CT molecular complexity index is 734. The number of guanidine groups is 1. The van der Waals surface area contributed by atoms with Crippen molar-refractivity contribution in [2.45, 2.75) is 57.5 Å². The average Bonchev–Trinajstić information content (AvgIpc) is 3.50. The topological polar surface area (TPSA) is 42.9 Å². The molecule has 1 aliphatic carbocycles. The number of nitrogens with one attached hydrogen (secondary N) is 2. The Morgan fingerprint density at radius 1 is 1.07 bits per heavy atom. The second-order valence-corrected chi connectivity index (χ2v) is 8.98. The van der Waals surface area contributed by atoms with E-state index >= 15 is 0 Å². The lowest BCUT2D eigenvalue weighted by Crippen LogP contribution is -2.45. The molecule has 3 aliphatic rings. The minimum atomic E-state index is -0.793. The van der Waals surface area contributed by atoms with Gasteiger partial charge in [-0.3, -0.25) is 9.89 Å². The molecule has 7 heteroatoms. The summed E-state index contributed by atoms with van der Waals surface area (Å²) in [6.45, 7) is 7.67. The number of anilines is 1. The molecular formula is C23H35F2N5. The number of aliphatic imine (C=N–C) groups is 1. The highest BCUT2D eigenvalue weighted by Crippen LogP contribution is 2.27. The van der Waals surface area contributed by atoms with Gasteiger partial charge in [-0.05, 0) is 50.7 Å². The van der Waals surface area contributed by atoms with E-state index in [1.165, 1.54) is 50.8 Å². The van der Waals surface area contributed by atoms with Gasteiger partial charge in [-0.1, -0.05) is 12.8 Å². The van der Waals surface area contributed by atoms with Crippen LogP contribution in [0.3, 0.4) is 0 Å². The summed E-state index contributed by atoms with van der Waals surface area (Å²) >= 11 is 0. The van der Waals surface area contributed by atoms with Crippen LogP contribution in [0.1, 0.15) is 45.4 Å². The second kappa shape index (κ2) is 9.94. The van der Waals surface area contributed by atoms with Crippen molar-refractivity contribution in [3.05, 3.63) is 29.8 Å². The fourth-order valence-electron chi connectivity index (χ4n) is 5.14. The molecule has 2 heterocycles. The largest absolute Gasteiger partial charge is 0.371 e. The summed E-state index contributed by atoms with van der Waals surface area (Å²) < 4.78 is 26.7. The van der Waals surface area contributed by atoms with Crippen molar-refractivity contribution in [2.75, 3.05) is 44.2 Å². The highest BCUT2D eigenvalue weighted by Gasteiger charge is 2.30. The molecule has 5 nitrogen and oxygen atoms in total. The van der Waals surface area contributed by atoms with E-state index in [1.54, 1.807) is 6.07 Å². The third kappa shape index (κ3) is 5.23. The summed E-state index contributed by atoms with van der Waals surface area (Å²) in [4.78, 5) is 9.64. The predicted octanol–water partition coefficient (Wildman–Crippen LogP) is 3.36. The van der Waals surface area contributed by atoms with Gasteiger partial charge >= 0.3 is 0 Å². The first-order valence-electron chi connectivity index (χ1n) is 11.6. The number of nitrogens with zero attached hydrogens (tertiary/aromatic N) is 3. The first-order valence-corrected chi connectivity index (χ1v) is 11.6. The second-order valence-electron chi connectivity index (χ2n) is 8.98. The Labute approximate surface area is 178 Å². The number of halogens is 2. The highest BCUT2D eigenvalue weighted by molar-refractivity contribution is 5.80. The lowest BCUT2D eigenvalue weighted by atomic mass is 10.1. The van der Waals surface area contributed by atoms with Gasteiger partial charge in [0.25, 0.3) is 0 Å². The first-order chi connectivity index (χ1) is 14.6. The van der Waals surface area contributed by atoms with Gasteiger partial charge in [-0.25, -0.2) is 8.78 Å². The number of hydrogen-bond acceptors (Lipinski definition) is 3. The zero-order valence-electron chi connectivity index (χ0n) is 18.0. The molecule has 0 radical (unpaired) electrons. The van der Waals surface area contributed by atoms with E-state index < -0.39 is 11.6 Å². The van der Waals surface area contributed by atoms with E-state index in [1.807, 2.05) is 0 Å². The maximum absolute atomic E-state index is 13.5. The molecule has 2 aliphatic heterocycles. The lowest BCUT2D eigenvalue weighted by molar-refractivity contribution is 0.242. The molecule has 0 aromatic heterocycles. The molecule has 2 saturated heterocycles. The lowest BCUT2D eigenvalue weighted by Gasteiger charge is -2.24. The summed E-state index contributed by atoms with van der Waals surface area (Å²) in [5.74, 6) is -0.246. The third-order valence-corrected chi connectivity index (χ3v) is 6.81. The standard InChI is InChI=1S/C23H35F2N5/c1-2-26-23(28-18-10-12-30(16-18)19-5-3-4-6-19)27-14-17-9-11-29(15-17)20-7-8-21(24)22(25)13-20/h7-8,13,17-19H,2-6,9-12,14-16H2,1H3,(H2,26,27,28). The van der Waals surface area contributed by atoms with E-state index in [9.17, 15) is 8.78 Å². The van der Waals surface area contributed by atoms with Crippen LogP contribution in [0.2, 0.25) is 0 Å². The molecular weight excluding hydrogens is 384 g/mol. The van der Waals surface area contributed by atoms with Gasteiger partial charge in [0.05, 0.1) is 0 Å². The Hall–Kier alpha value is -1.89. The molecule has 0 amide bonds. The minimum Gasteiger partial charge on any atom is -0.371 e. The average molecular weight is 420 g/mol. The van der Waals surface area contributed by atoms with Crippen molar-refractivity contribution in [3.63, 3.8) is 0 Å². The Balaban J connectivity index is 1.28. The van der Waals surface area contributed by atoms with Crippen LogP contribution in [0.15, 0.2) is 23.2 Å². The number of benzene rings is 1. The molecule has 2 N–H and O–H groups in total. The maximum Gasteiger partial charge on any atom is 0.191 e. The smallest absolute Gasteiger partial charge is 0.191 e. The van der Waals surface area contributed by atoms with Gasteiger partial charge in [0.2, 0.25) is 0 Å². The summed E-state index contributed by atoms with van der Waals surface area (Å²) in [5.41, 5.74) is 0.753. The molecule has 30 heavy (non-hydrogen) atoms. The van der Waals surface area contributed by atoms with Crippen molar-refractivity contribution >= 4 is 11.6 Å². The summed E-state index contributed by atoms with van der Waals surface area (Å²) in [5, 5.41) is 7.03. The molecule has 2 atom stereocenters. The number of rotatable bonds is 6. The van der Waals surface area contributed by atoms with Crippen molar-refractivity contribution in [1.29, 1.82) is 0 Å². The summed E-state index contributed by atoms with van der Waals surface area (Å²) in [6.07, 6.45) is 7.67. The molecule has 1 aromatic rings. The molecule has 3 fully saturated rings. The third-order valence-electron chi connectivity index (χ3n) is 6.81. The molecule has 1 saturated carbocycles. The first kappa shape index (κ1) is 21.3. The zero-order chi connectivity index (χ0) is 20.9. The van der Waals surface area contributed by atoms with Gasteiger partial charge in [0.1, 0.15) is 0 Å². The van der Waals surface area contributed by atoms with Gasteiger partial charge in [-0.15, -0.1) is 0 Å². The Kier molecular flexibility index (Phi) is 7.08. The maximum atomic E-state index is 13.5.